The lowest BCUT2D eigenvalue weighted by atomic mass is 9.98. The quantitative estimate of drug-likeness (QED) is 0.318. The molecule has 1 aliphatic heterocycles. The fourth-order valence-corrected chi connectivity index (χ4v) is 4.41. The fraction of sp³-hybridized carbons (Fsp3) is 0.364. The van der Waals surface area contributed by atoms with Gasteiger partial charge in [0, 0.05) is 17.0 Å². The van der Waals surface area contributed by atoms with E-state index in [1.54, 1.807) is 30.2 Å². The number of unbranched alkanes of at least 4 members (excludes halogenated alkanes) is 2. The number of hydrogen-bond acceptors (Lipinski definition) is 5. The molecular formula is C22H25NO4S. The average Bonchev–Trinajstić information content (AvgIpc) is 3.30. The summed E-state index contributed by atoms with van der Waals surface area (Å²) >= 11 is 1.48. The summed E-state index contributed by atoms with van der Waals surface area (Å²) in [4.78, 5) is 28.1. The molecule has 148 valence electrons. The van der Waals surface area contributed by atoms with Gasteiger partial charge < -0.3 is 14.7 Å². The third-order valence-electron chi connectivity index (χ3n) is 5.02. The normalized spacial score (nSPS) is 18.7. The first-order valence-corrected chi connectivity index (χ1v) is 10.3. The van der Waals surface area contributed by atoms with Crippen LogP contribution >= 0.6 is 11.3 Å². The average molecular weight is 400 g/mol. The van der Waals surface area contributed by atoms with Crippen LogP contribution in [0.5, 0.6) is 5.75 Å². The van der Waals surface area contributed by atoms with Gasteiger partial charge in [0.25, 0.3) is 11.7 Å². The summed E-state index contributed by atoms with van der Waals surface area (Å²) in [5.41, 5.74) is 1.51. The van der Waals surface area contributed by atoms with Crippen LogP contribution in [0.15, 0.2) is 41.3 Å². The molecule has 1 aromatic carbocycles. The smallest absolute Gasteiger partial charge is 0.295 e. The molecule has 2 aromatic rings. The van der Waals surface area contributed by atoms with Crippen LogP contribution in [0.25, 0.3) is 5.76 Å². The van der Waals surface area contributed by atoms with Crippen LogP contribution < -0.4 is 4.74 Å². The Morgan fingerprint density at radius 1 is 1.25 bits per heavy atom. The molecule has 3 rings (SSSR count). The van der Waals surface area contributed by atoms with E-state index in [2.05, 4.69) is 6.92 Å². The van der Waals surface area contributed by atoms with E-state index >= 15 is 0 Å². The molecule has 0 aliphatic carbocycles. The van der Waals surface area contributed by atoms with Gasteiger partial charge in [0.15, 0.2) is 0 Å². The molecule has 1 unspecified atom stereocenters. The number of nitrogens with zero attached hydrogens (tertiary/aromatic N) is 1. The molecular weight excluding hydrogens is 374 g/mol. The number of methoxy groups -OCH3 is 1. The Labute approximate surface area is 169 Å². The van der Waals surface area contributed by atoms with Gasteiger partial charge in [-0.3, -0.25) is 9.59 Å². The second-order valence-corrected chi connectivity index (χ2v) is 7.88. The van der Waals surface area contributed by atoms with Crippen LogP contribution in [0.4, 0.5) is 0 Å². The number of amides is 1. The molecule has 0 spiro atoms. The highest BCUT2D eigenvalue weighted by molar-refractivity contribution is 7.10. The summed E-state index contributed by atoms with van der Waals surface area (Å²) in [6, 6.07) is 8.48. The first-order chi connectivity index (χ1) is 13.5. The van der Waals surface area contributed by atoms with E-state index in [1.165, 1.54) is 11.3 Å². The fourth-order valence-electron chi connectivity index (χ4n) is 3.57. The van der Waals surface area contributed by atoms with Gasteiger partial charge in [-0.05, 0) is 48.6 Å². The number of aliphatic hydroxyl groups excluding tert-OH is 1. The molecule has 5 nitrogen and oxygen atoms in total. The number of aryl methyl sites for hydroxylation is 1. The minimum atomic E-state index is -0.624. The summed E-state index contributed by atoms with van der Waals surface area (Å²) in [7, 11) is 1.58. The molecule has 6 heteroatoms. The van der Waals surface area contributed by atoms with Gasteiger partial charge >= 0.3 is 0 Å². The van der Waals surface area contributed by atoms with Crippen molar-refractivity contribution < 1.29 is 19.4 Å². The summed E-state index contributed by atoms with van der Waals surface area (Å²) in [6.45, 7) is 4.46. The number of thiophene rings is 1. The minimum Gasteiger partial charge on any atom is -0.507 e. The molecule has 1 amide bonds. The number of ketones is 1. The topological polar surface area (TPSA) is 66.8 Å². The van der Waals surface area contributed by atoms with Crippen LogP contribution in [0.1, 0.15) is 48.2 Å². The summed E-state index contributed by atoms with van der Waals surface area (Å²) in [6.07, 6.45) is 2.84. The molecule has 1 fully saturated rings. The molecule has 1 atom stereocenters. The first kappa shape index (κ1) is 20.1. The standard InChI is InChI=1S/C22H25NO4S/c1-4-5-6-11-23-19(17-8-7-12-28-17)18(21(25)22(23)26)20(24)15-9-10-16(27-3)14(2)13-15/h7-10,12-13,19,24H,4-6,11H2,1-3H3/b20-18-. The van der Waals surface area contributed by atoms with E-state index in [9.17, 15) is 14.7 Å². The number of carbonyl (C=O) groups is 2. The number of Topliss-reactive ketones (excluding diaryl/α,β-unsaturated/α-hetero) is 1. The summed E-state index contributed by atoms with van der Waals surface area (Å²) in [5.74, 6) is -0.603. The predicted octanol–water partition coefficient (Wildman–Crippen LogP) is 4.68. The van der Waals surface area contributed by atoms with Crippen molar-refractivity contribution in [2.45, 2.75) is 39.2 Å². The van der Waals surface area contributed by atoms with E-state index in [0.717, 1.165) is 29.7 Å². The van der Waals surface area contributed by atoms with Gasteiger partial charge in [-0.1, -0.05) is 25.8 Å². The van der Waals surface area contributed by atoms with Crippen molar-refractivity contribution >= 4 is 28.8 Å². The molecule has 1 saturated heterocycles. The van der Waals surface area contributed by atoms with E-state index in [-0.39, 0.29) is 11.3 Å². The monoisotopic (exact) mass is 399 g/mol. The molecule has 1 aromatic heterocycles. The Bertz CT molecular complexity index is 901. The van der Waals surface area contributed by atoms with Crippen LogP contribution in [-0.2, 0) is 9.59 Å². The molecule has 28 heavy (non-hydrogen) atoms. The third kappa shape index (κ3) is 3.69. The van der Waals surface area contributed by atoms with Gasteiger partial charge in [0.1, 0.15) is 11.5 Å². The lowest BCUT2D eigenvalue weighted by Gasteiger charge is -2.24. The maximum atomic E-state index is 12.8. The zero-order valence-corrected chi connectivity index (χ0v) is 17.2. The minimum absolute atomic E-state index is 0.138. The van der Waals surface area contributed by atoms with Gasteiger partial charge in [0.2, 0.25) is 0 Å². The number of hydrogen-bond donors (Lipinski definition) is 1. The zero-order valence-electron chi connectivity index (χ0n) is 16.4. The van der Waals surface area contributed by atoms with Crippen molar-refractivity contribution in [3.8, 4) is 5.75 Å². The molecule has 1 N–H and O–H groups in total. The van der Waals surface area contributed by atoms with Crippen molar-refractivity contribution in [3.05, 3.63) is 57.3 Å². The molecule has 0 radical (unpaired) electrons. The van der Waals surface area contributed by atoms with Crippen LogP contribution in [-0.4, -0.2) is 35.4 Å². The highest BCUT2D eigenvalue weighted by Crippen LogP contribution is 2.41. The Hall–Kier alpha value is -2.60. The van der Waals surface area contributed by atoms with Crippen LogP contribution in [0.2, 0.25) is 0 Å². The Morgan fingerprint density at radius 3 is 2.64 bits per heavy atom. The summed E-state index contributed by atoms with van der Waals surface area (Å²) in [5, 5.41) is 12.9. The molecule has 2 heterocycles. The summed E-state index contributed by atoms with van der Waals surface area (Å²) < 4.78 is 5.27. The van der Waals surface area contributed by atoms with Crippen LogP contribution in [0, 0.1) is 6.92 Å². The third-order valence-corrected chi connectivity index (χ3v) is 5.95. The van der Waals surface area contributed by atoms with Gasteiger partial charge in [-0.25, -0.2) is 0 Å². The molecule has 1 aliphatic rings. The second-order valence-electron chi connectivity index (χ2n) is 6.90. The second kappa shape index (κ2) is 8.61. The van der Waals surface area contributed by atoms with E-state index in [1.807, 2.05) is 24.4 Å². The van der Waals surface area contributed by atoms with Crippen molar-refractivity contribution in [1.82, 2.24) is 4.90 Å². The number of carbonyl (C=O) groups excluding carboxylic acids is 2. The van der Waals surface area contributed by atoms with E-state index < -0.39 is 17.7 Å². The number of aliphatic hydroxyl groups is 1. The Morgan fingerprint density at radius 2 is 2.04 bits per heavy atom. The lowest BCUT2D eigenvalue weighted by Crippen LogP contribution is -2.30. The number of likely N-dealkylation sites (tertiary alicyclic amines) is 1. The van der Waals surface area contributed by atoms with Gasteiger partial charge in [0.05, 0.1) is 18.7 Å². The highest BCUT2D eigenvalue weighted by atomic mass is 32.1. The largest absolute Gasteiger partial charge is 0.507 e. The van der Waals surface area contributed by atoms with Crippen molar-refractivity contribution in [2.24, 2.45) is 0 Å². The van der Waals surface area contributed by atoms with E-state index in [4.69, 9.17) is 4.74 Å². The van der Waals surface area contributed by atoms with Crippen molar-refractivity contribution in [2.75, 3.05) is 13.7 Å². The van der Waals surface area contributed by atoms with Crippen molar-refractivity contribution in [3.63, 3.8) is 0 Å². The maximum Gasteiger partial charge on any atom is 0.295 e. The van der Waals surface area contributed by atoms with Gasteiger partial charge in [-0.15, -0.1) is 11.3 Å². The molecule has 0 saturated carbocycles. The Kier molecular flexibility index (Phi) is 6.19. The van der Waals surface area contributed by atoms with E-state index in [0.29, 0.717) is 17.9 Å². The number of rotatable bonds is 7. The lowest BCUT2D eigenvalue weighted by molar-refractivity contribution is -0.139. The predicted molar refractivity (Wildman–Crippen MR) is 111 cm³/mol. The zero-order chi connectivity index (χ0) is 20.3. The number of ether oxygens (including phenoxy) is 1. The highest BCUT2D eigenvalue weighted by Gasteiger charge is 2.46. The maximum absolute atomic E-state index is 12.8. The Balaban J connectivity index is 2.08. The number of benzene rings is 1. The van der Waals surface area contributed by atoms with Crippen LogP contribution in [0.3, 0.4) is 0 Å². The molecule has 0 bridgehead atoms. The van der Waals surface area contributed by atoms with Crippen molar-refractivity contribution in [1.29, 1.82) is 0 Å². The first-order valence-electron chi connectivity index (χ1n) is 9.46. The SMILES string of the molecule is CCCCCN1C(=O)C(=O)/C(=C(\O)c2ccc(OC)c(C)c2)C1c1cccs1. The van der Waals surface area contributed by atoms with Gasteiger partial charge in [-0.2, -0.15) is 0 Å².